The molecule has 0 unspecified atom stereocenters. The number of carbonyl (C=O) groups excluding carboxylic acids is 1. The van der Waals surface area contributed by atoms with E-state index in [1.807, 2.05) is 0 Å². The van der Waals surface area contributed by atoms with Crippen LogP contribution in [0, 0.1) is 0 Å². The van der Waals surface area contributed by atoms with E-state index < -0.39 is 6.10 Å². The molecule has 0 fully saturated rings. The lowest BCUT2D eigenvalue weighted by atomic mass is 10.4. The molecule has 0 aromatic carbocycles. The SMILES string of the molecule is C[C@@H](O)CNC(=O)c1csc(-c2ccco2)n1. The van der Waals surface area contributed by atoms with Crippen molar-refractivity contribution >= 4 is 17.2 Å². The van der Waals surface area contributed by atoms with Gasteiger partial charge in [-0.2, -0.15) is 0 Å². The van der Waals surface area contributed by atoms with Crippen molar-refractivity contribution < 1.29 is 14.3 Å². The van der Waals surface area contributed by atoms with Crippen molar-refractivity contribution in [1.82, 2.24) is 10.3 Å². The Kier molecular flexibility index (Phi) is 3.55. The highest BCUT2D eigenvalue weighted by Gasteiger charge is 2.13. The van der Waals surface area contributed by atoms with Gasteiger partial charge in [-0.1, -0.05) is 0 Å². The second kappa shape index (κ2) is 5.11. The van der Waals surface area contributed by atoms with Crippen molar-refractivity contribution in [2.24, 2.45) is 0 Å². The monoisotopic (exact) mass is 252 g/mol. The lowest BCUT2D eigenvalue weighted by Gasteiger charge is -2.04. The van der Waals surface area contributed by atoms with Crippen LogP contribution in [0.3, 0.4) is 0 Å². The minimum Gasteiger partial charge on any atom is -0.462 e. The molecule has 0 saturated carbocycles. The second-order valence-corrected chi connectivity index (χ2v) is 4.43. The van der Waals surface area contributed by atoms with E-state index in [0.717, 1.165) is 0 Å². The van der Waals surface area contributed by atoms with Crippen molar-refractivity contribution in [3.63, 3.8) is 0 Å². The normalized spacial score (nSPS) is 12.4. The summed E-state index contributed by atoms with van der Waals surface area (Å²) in [6, 6.07) is 3.56. The summed E-state index contributed by atoms with van der Waals surface area (Å²) in [5, 5.41) is 14.0. The van der Waals surface area contributed by atoms with Crippen LogP contribution in [-0.2, 0) is 0 Å². The Morgan fingerprint density at radius 2 is 2.53 bits per heavy atom. The molecule has 2 aromatic heterocycles. The van der Waals surface area contributed by atoms with Crippen LogP contribution >= 0.6 is 11.3 Å². The molecule has 1 amide bonds. The molecule has 0 aliphatic rings. The van der Waals surface area contributed by atoms with Crippen LogP contribution in [0.2, 0.25) is 0 Å². The van der Waals surface area contributed by atoms with Gasteiger partial charge in [0.05, 0.1) is 12.4 Å². The first kappa shape index (κ1) is 11.8. The molecule has 5 nitrogen and oxygen atoms in total. The third-order valence-corrected chi connectivity index (χ3v) is 2.88. The summed E-state index contributed by atoms with van der Waals surface area (Å²) in [5.41, 5.74) is 0.335. The highest BCUT2D eigenvalue weighted by molar-refractivity contribution is 7.13. The molecule has 90 valence electrons. The molecule has 0 radical (unpaired) electrons. The number of hydrogen-bond donors (Lipinski definition) is 2. The average Bonchev–Trinajstić information content (AvgIpc) is 2.94. The van der Waals surface area contributed by atoms with Gasteiger partial charge in [0, 0.05) is 11.9 Å². The van der Waals surface area contributed by atoms with Crippen LogP contribution in [0.1, 0.15) is 17.4 Å². The average molecular weight is 252 g/mol. The van der Waals surface area contributed by atoms with E-state index in [4.69, 9.17) is 9.52 Å². The lowest BCUT2D eigenvalue weighted by molar-refractivity contribution is 0.0920. The molecule has 17 heavy (non-hydrogen) atoms. The molecule has 0 aliphatic heterocycles. The van der Waals surface area contributed by atoms with Crippen LogP contribution < -0.4 is 5.32 Å². The number of aliphatic hydroxyl groups excluding tert-OH is 1. The number of aliphatic hydroxyl groups is 1. The standard InChI is InChI=1S/C11H12N2O3S/c1-7(14)5-12-10(15)8-6-17-11(13-8)9-3-2-4-16-9/h2-4,6-7,14H,5H2,1H3,(H,12,15)/t7-/m1/s1. The number of rotatable bonds is 4. The summed E-state index contributed by atoms with van der Waals surface area (Å²) in [4.78, 5) is 15.8. The van der Waals surface area contributed by atoms with Gasteiger partial charge in [0.2, 0.25) is 0 Å². The number of carbonyl (C=O) groups is 1. The molecule has 0 bridgehead atoms. The minimum absolute atomic E-state index is 0.215. The van der Waals surface area contributed by atoms with Gasteiger partial charge in [-0.3, -0.25) is 4.79 Å². The van der Waals surface area contributed by atoms with Gasteiger partial charge >= 0.3 is 0 Å². The van der Waals surface area contributed by atoms with Gasteiger partial charge in [-0.15, -0.1) is 11.3 Å². The molecule has 6 heteroatoms. The Morgan fingerprint density at radius 3 is 3.18 bits per heavy atom. The quantitative estimate of drug-likeness (QED) is 0.865. The van der Waals surface area contributed by atoms with E-state index in [1.165, 1.54) is 11.3 Å². The summed E-state index contributed by atoms with van der Waals surface area (Å²) in [6.45, 7) is 1.82. The predicted molar refractivity (Wildman–Crippen MR) is 63.8 cm³/mol. The molecule has 2 aromatic rings. The Morgan fingerprint density at radius 1 is 1.71 bits per heavy atom. The maximum atomic E-state index is 11.6. The summed E-state index contributed by atoms with van der Waals surface area (Å²) in [5.74, 6) is 0.351. The van der Waals surface area contributed by atoms with Crippen LogP contribution in [0.25, 0.3) is 10.8 Å². The molecular formula is C11H12N2O3S. The number of amides is 1. The third-order valence-electron chi connectivity index (χ3n) is 2.03. The maximum Gasteiger partial charge on any atom is 0.270 e. The molecule has 0 saturated heterocycles. The summed E-state index contributed by atoms with van der Waals surface area (Å²) < 4.78 is 5.19. The second-order valence-electron chi connectivity index (χ2n) is 3.57. The zero-order valence-electron chi connectivity index (χ0n) is 9.21. The summed E-state index contributed by atoms with van der Waals surface area (Å²) >= 11 is 1.34. The van der Waals surface area contributed by atoms with Gasteiger partial charge < -0.3 is 14.8 Å². The number of nitrogens with zero attached hydrogens (tertiary/aromatic N) is 1. The Hall–Kier alpha value is -1.66. The molecule has 0 spiro atoms. The molecule has 2 heterocycles. The van der Waals surface area contributed by atoms with Crippen molar-refractivity contribution in [1.29, 1.82) is 0 Å². The minimum atomic E-state index is -0.567. The Bertz CT molecular complexity index is 491. The Balaban J connectivity index is 2.05. The van der Waals surface area contributed by atoms with Gasteiger partial charge in [0.1, 0.15) is 5.69 Å². The molecular weight excluding hydrogens is 240 g/mol. The smallest absolute Gasteiger partial charge is 0.270 e. The topological polar surface area (TPSA) is 75.4 Å². The predicted octanol–water partition coefficient (Wildman–Crippen LogP) is 1.51. The van der Waals surface area contributed by atoms with E-state index in [9.17, 15) is 4.79 Å². The number of hydrogen-bond acceptors (Lipinski definition) is 5. The van der Waals surface area contributed by atoms with E-state index in [0.29, 0.717) is 16.5 Å². The molecule has 2 N–H and O–H groups in total. The molecule has 2 rings (SSSR count). The van der Waals surface area contributed by atoms with Gasteiger partial charge in [0.25, 0.3) is 5.91 Å². The summed E-state index contributed by atoms with van der Waals surface area (Å²) in [7, 11) is 0. The largest absolute Gasteiger partial charge is 0.462 e. The van der Waals surface area contributed by atoms with Crippen LogP contribution in [0.4, 0.5) is 0 Å². The van der Waals surface area contributed by atoms with Crippen molar-refractivity contribution in [2.75, 3.05) is 6.54 Å². The fourth-order valence-electron chi connectivity index (χ4n) is 1.22. The molecule has 0 aliphatic carbocycles. The summed E-state index contributed by atoms with van der Waals surface area (Å²) in [6.07, 6.45) is 0.992. The third kappa shape index (κ3) is 2.92. The zero-order chi connectivity index (χ0) is 12.3. The maximum absolute atomic E-state index is 11.6. The first-order valence-electron chi connectivity index (χ1n) is 5.12. The number of nitrogens with one attached hydrogen (secondary N) is 1. The highest BCUT2D eigenvalue weighted by Crippen LogP contribution is 2.23. The van der Waals surface area contributed by atoms with Gasteiger partial charge in [-0.25, -0.2) is 4.98 Å². The fourth-order valence-corrected chi connectivity index (χ4v) is 1.99. The zero-order valence-corrected chi connectivity index (χ0v) is 10.0. The van der Waals surface area contributed by atoms with E-state index in [-0.39, 0.29) is 12.5 Å². The van der Waals surface area contributed by atoms with E-state index in [1.54, 1.807) is 30.7 Å². The lowest BCUT2D eigenvalue weighted by Crippen LogP contribution is -2.30. The van der Waals surface area contributed by atoms with Gasteiger partial charge in [0.15, 0.2) is 10.8 Å². The van der Waals surface area contributed by atoms with Gasteiger partial charge in [-0.05, 0) is 19.1 Å². The van der Waals surface area contributed by atoms with Crippen molar-refractivity contribution in [3.05, 3.63) is 29.5 Å². The fraction of sp³-hybridized carbons (Fsp3) is 0.273. The van der Waals surface area contributed by atoms with Crippen molar-refractivity contribution in [3.8, 4) is 10.8 Å². The Labute approximate surface area is 102 Å². The van der Waals surface area contributed by atoms with E-state index in [2.05, 4.69) is 10.3 Å². The van der Waals surface area contributed by atoms with Crippen LogP contribution in [0.15, 0.2) is 28.2 Å². The van der Waals surface area contributed by atoms with Crippen molar-refractivity contribution in [2.45, 2.75) is 13.0 Å². The number of aromatic nitrogens is 1. The first-order chi connectivity index (χ1) is 8.16. The first-order valence-corrected chi connectivity index (χ1v) is 6.00. The number of thiazole rings is 1. The van der Waals surface area contributed by atoms with E-state index >= 15 is 0 Å². The highest BCUT2D eigenvalue weighted by atomic mass is 32.1. The number of furan rings is 1. The van der Waals surface area contributed by atoms with Crippen LogP contribution in [0.5, 0.6) is 0 Å². The molecule has 1 atom stereocenters. The van der Waals surface area contributed by atoms with Crippen LogP contribution in [-0.4, -0.2) is 28.6 Å².